The third-order valence-electron chi connectivity index (χ3n) is 1.58. The van der Waals surface area contributed by atoms with Crippen molar-refractivity contribution in [2.24, 2.45) is 0 Å². The number of aliphatic hydroxyl groups excluding tert-OH is 1. The highest BCUT2D eigenvalue weighted by molar-refractivity contribution is 6.72. The van der Waals surface area contributed by atoms with E-state index in [1.54, 1.807) is 7.11 Å². The average molecular weight is 134 g/mol. The molecule has 3 heteroatoms. The van der Waals surface area contributed by atoms with Gasteiger partial charge in [0.25, 0.3) is 0 Å². The molecule has 0 radical (unpaired) electrons. The predicted molar refractivity (Wildman–Crippen MR) is 36.2 cm³/mol. The van der Waals surface area contributed by atoms with Crippen LogP contribution in [0.3, 0.4) is 0 Å². The Labute approximate surface area is 51.6 Å². The van der Waals surface area contributed by atoms with E-state index in [4.69, 9.17) is 9.53 Å². The molecule has 0 aliphatic heterocycles. The van der Waals surface area contributed by atoms with Gasteiger partial charge in [0.1, 0.15) is 0 Å². The molecular formula is C5H14O2Si. The molecular weight excluding hydrogens is 120 g/mol. The van der Waals surface area contributed by atoms with Gasteiger partial charge in [-0.15, -0.1) is 0 Å². The lowest BCUT2D eigenvalue weighted by Crippen LogP contribution is -2.36. The van der Waals surface area contributed by atoms with Crippen LogP contribution in [-0.4, -0.2) is 26.8 Å². The van der Waals surface area contributed by atoms with Gasteiger partial charge in [-0.3, -0.25) is 0 Å². The van der Waals surface area contributed by atoms with E-state index in [-0.39, 0.29) is 6.23 Å². The molecule has 1 atom stereocenters. The van der Waals surface area contributed by atoms with Gasteiger partial charge in [-0.2, -0.15) is 0 Å². The summed E-state index contributed by atoms with van der Waals surface area (Å²) in [6.07, 6.45) is 0.236. The second kappa shape index (κ2) is 3.22. The van der Waals surface area contributed by atoms with Gasteiger partial charge in [-0.1, -0.05) is 6.92 Å². The van der Waals surface area contributed by atoms with Gasteiger partial charge in [-0.25, -0.2) is 0 Å². The zero-order valence-electron chi connectivity index (χ0n) is 5.77. The smallest absolute Gasteiger partial charge is 0.213 e. The lowest BCUT2D eigenvalue weighted by atomic mass is 11.0. The van der Waals surface area contributed by atoms with E-state index in [0.29, 0.717) is 0 Å². The Morgan fingerprint density at radius 2 is 2.12 bits per heavy atom. The fraction of sp³-hybridized carbons (Fsp3) is 1.00. The molecule has 0 rings (SSSR count). The molecule has 0 aromatic carbocycles. The van der Waals surface area contributed by atoms with Crippen molar-refractivity contribution >= 4 is 8.32 Å². The molecule has 0 saturated carbocycles. The van der Waals surface area contributed by atoms with Gasteiger partial charge in [0.15, 0.2) is 0 Å². The summed E-state index contributed by atoms with van der Waals surface area (Å²) in [5.74, 6) is 0. The van der Waals surface area contributed by atoms with E-state index in [2.05, 4.69) is 0 Å². The highest BCUT2D eigenvalue weighted by Crippen LogP contribution is 2.06. The molecule has 0 aromatic rings. The third-order valence-corrected chi connectivity index (χ3v) is 4.73. The number of hydrogen-bond acceptors (Lipinski definition) is 2. The van der Waals surface area contributed by atoms with E-state index >= 15 is 0 Å². The molecule has 0 aliphatic carbocycles. The van der Waals surface area contributed by atoms with Crippen molar-refractivity contribution in [3.8, 4) is 0 Å². The maximum atomic E-state index is 8.72. The molecule has 0 heterocycles. The fourth-order valence-corrected chi connectivity index (χ4v) is 0.962. The number of hydrogen-bond donors (Lipinski definition) is 1. The van der Waals surface area contributed by atoms with Crippen LogP contribution in [0.1, 0.15) is 6.92 Å². The summed E-state index contributed by atoms with van der Waals surface area (Å²) in [4.78, 5) is 0. The van der Waals surface area contributed by atoms with Crippen LogP contribution in [0.2, 0.25) is 12.6 Å². The van der Waals surface area contributed by atoms with Gasteiger partial charge in [0.2, 0.25) is 8.32 Å². The van der Waals surface area contributed by atoms with Gasteiger partial charge in [0.05, 0.1) is 6.23 Å². The minimum Gasteiger partial charge on any atom is -0.418 e. The average Bonchev–Trinajstić information content (AvgIpc) is 1.87. The molecule has 0 bridgehead atoms. The molecule has 0 amide bonds. The van der Waals surface area contributed by atoms with Gasteiger partial charge >= 0.3 is 0 Å². The normalized spacial score (nSPS) is 18.0. The van der Waals surface area contributed by atoms with E-state index < -0.39 is 8.32 Å². The predicted octanol–water partition coefficient (Wildman–Crippen LogP) is 0.759. The molecule has 8 heavy (non-hydrogen) atoms. The van der Waals surface area contributed by atoms with Crippen molar-refractivity contribution in [3.63, 3.8) is 0 Å². The Morgan fingerprint density at radius 1 is 1.62 bits per heavy atom. The minimum absolute atomic E-state index is 0.236. The van der Waals surface area contributed by atoms with Crippen LogP contribution in [0.4, 0.5) is 0 Å². The molecule has 2 nitrogen and oxygen atoms in total. The molecule has 1 N–H and O–H groups in total. The van der Waals surface area contributed by atoms with Crippen LogP contribution in [0, 0.1) is 0 Å². The fourth-order valence-electron chi connectivity index (χ4n) is 0.321. The molecule has 0 aliphatic rings. The van der Waals surface area contributed by atoms with Crippen LogP contribution in [0.25, 0.3) is 0 Å². The number of rotatable bonds is 3. The van der Waals surface area contributed by atoms with Crippen molar-refractivity contribution in [3.05, 3.63) is 0 Å². The molecule has 0 fully saturated rings. The van der Waals surface area contributed by atoms with Gasteiger partial charge in [-0.05, 0) is 12.6 Å². The largest absolute Gasteiger partial charge is 0.418 e. The standard InChI is InChI=1S/C5H14O2Si/c1-4-8(3,5-6)7-2/h6H,4-5H2,1-3H3. The van der Waals surface area contributed by atoms with Crippen molar-refractivity contribution in [1.82, 2.24) is 0 Å². The summed E-state index contributed by atoms with van der Waals surface area (Å²) in [7, 11) is 0.0568. The van der Waals surface area contributed by atoms with Crippen LogP contribution in [0.15, 0.2) is 0 Å². The summed E-state index contributed by atoms with van der Waals surface area (Å²) < 4.78 is 5.12. The first-order chi connectivity index (χ1) is 3.68. The van der Waals surface area contributed by atoms with E-state index in [1.807, 2.05) is 13.5 Å². The summed E-state index contributed by atoms with van der Waals surface area (Å²) in [5.41, 5.74) is 0. The molecule has 0 spiro atoms. The maximum absolute atomic E-state index is 8.72. The maximum Gasteiger partial charge on any atom is 0.213 e. The first kappa shape index (κ1) is 8.14. The van der Waals surface area contributed by atoms with Crippen LogP contribution in [0.5, 0.6) is 0 Å². The molecule has 1 unspecified atom stereocenters. The Hall–Kier alpha value is 0.137. The summed E-state index contributed by atoms with van der Waals surface area (Å²) >= 11 is 0. The topological polar surface area (TPSA) is 29.5 Å². The van der Waals surface area contributed by atoms with Crippen LogP contribution < -0.4 is 0 Å². The highest BCUT2D eigenvalue weighted by Gasteiger charge is 2.23. The summed E-state index contributed by atoms with van der Waals surface area (Å²) in [6.45, 7) is 4.07. The highest BCUT2D eigenvalue weighted by atomic mass is 28.4. The first-order valence-corrected chi connectivity index (χ1v) is 5.67. The summed E-state index contributed by atoms with van der Waals surface area (Å²) in [5, 5.41) is 8.72. The zero-order chi connectivity index (χ0) is 6.62. The third kappa shape index (κ3) is 1.94. The van der Waals surface area contributed by atoms with E-state index in [0.717, 1.165) is 6.04 Å². The summed E-state index contributed by atoms with van der Waals surface area (Å²) in [6, 6.07) is 0.986. The van der Waals surface area contributed by atoms with Gasteiger partial charge in [0, 0.05) is 7.11 Å². The first-order valence-electron chi connectivity index (χ1n) is 2.84. The van der Waals surface area contributed by atoms with E-state index in [9.17, 15) is 0 Å². The van der Waals surface area contributed by atoms with Crippen LogP contribution in [-0.2, 0) is 4.43 Å². The SMILES string of the molecule is CC[Si](C)(CO)OC. The Balaban J connectivity index is 3.58. The molecule has 0 saturated heterocycles. The van der Waals surface area contributed by atoms with Crippen LogP contribution >= 0.6 is 0 Å². The quantitative estimate of drug-likeness (QED) is 0.577. The van der Waals surface area contributed by atoms with Crippen molar-refractivity contribution in [2.75, 3.05) is 13.3 Å². The van der Waals surface area contributed by atoms with E-state index in [1.165, 1.54) is 0 Å². The van der Waals surface area contributed by atoms with Crippen molar-refractivity contribution in [1.29, 1.82) is 0 Å². The number of aliphatic hydroxyl groups is 1. The Kier molecular flexibility index (Phi) is 3.27. The Morgan fingerprint density at radius 3 is 2.12 bits per heavy atom. The molecule has 50 valence electrons. The molecule has 0 aromatic heterocycles. The van der Waals surface area contributed by atoms with Gasteiger partial charge < -0.3 is 9.53 Å². The Bertz CT molecular complexity index is 53.2. The monoisotopic (exact) mass is 134 g/mol. The second-order valence-corrected chi connectivity index (χ2v) is 6.50. The zero-order valence-corrected chi connectivity index (χ0v) is 6.77. The second-order valence-electron chi connectivity index (χ2n) is 2.17. The van der Waals surface area contributed by atoms with Crippen molar-refractivity contribution in [2.45, 2.75) is 19.5 Å². The lowest BCUT2D eigenvalue weighted by molar-refractivity contribution is 0.301. The van der Waals surface area contributed by atoms with Crippen molar-refractivity contribution < 1.29 is 9.53 Å². The minimum atomic E-state index is -1.62. The lowest BCUT2D eigenvalue weighted by Gasteiger charge is -2.19.